The fourth-order valence-corrected chi connectivity index (χ4v) is 2.89. The summed E-state index contributed by atoms with van der Waals surface area (Å²) >= 11 is 1.40. The lowest BCUT2D eigenvalue weighted by atomic mass is 9.98. The van der Waals surface area contributed by atoms with E-state index in [9.17, 15) is 13.2 Å². The lowest BCUT2D eigenvalue weighted by Crippen LogP contribution is -2.41. The molecule has 2 rings (SSSR count). The first-order valence-electron chi connectivity index (χ1n) is 6.03. The van der Waals surface area contributed by atoms with E-state index in [1.54, 1.807) is 4.90 Å². The number of halogens is 3. The van der Waals surface area contributed by atoms with Crippen LogP contribution in [0.1, 0.15) is 37.6 Å². The second kappa shape index (κ2) is 5.03. The van der Waals surface area contributed by atoms with Gasteiger partial charge in [0.2, 0.25) is 5.13 Å². The molecule has 1 saturated heterocycles. The number of hydrogen-bond donors (Lipinski definition) is 0. The predicted molar refractivity (Wildman–Crippen MR) is 65.0 cm³/mol. The molecule has 0 amide bonds. The summed E-state index contributed by atoms with van der Waals surface area (Å²) in [5.41, 5.74) is 0. The van der Waals surface area contributed by atoms with Crippen molar-refractivity contribution >= 4 is 16.5 Å². The van der Waals surface area contributed by atoms with Gasteiger partial charge in [0, 0.05) is 19.0 Å². The first-order valence-corrected chi connectivity index (χ1v) is 6.84. The Morgan fingerprint density at radius 1 is 1.33 bits per heavy atom. The van der Waals surface area contributed by atoms with E-state index in [1.807, 2.05) is 13.8 Å². The molecule has 102 valence electrons. The second-order valence-corrected chi connectivity index (χ2v) is 5.89. The molecule has 0 aromatic carbocycles. The van der Waals surface area contributed by atoms with Gasteiger partial charge in [0.25, 0.3) is 0 Å². The predicted octanol–water partition coefficient (Wildman–Crippen LogP) is 3.44. The molecular weight excluding hydrogens is 263 g/mol. The summed E-state index contributed by atoms with van der Waals surface area (Å²) in [6.07, 6.45) is -3.33. The average Bonchev–Trinajstić information content (AvgIpc) is 2.77. The van der Waals surface area contributed by atoms with Crippen molar-refractivity contribution in [3.63, 3.8) is 0 Å². The van der Waals surface area contributed by atoms with Crippen LogP contribution in [0.5, 0.6) is 0 Å². The zero-order chi connectivity index (χ0) is 13.3. The van der Waals surface area contributed by atoms with Crippen LogP contribution in [0.25, 0.3) is 0 Å². The summed E-state index contributed by atoms with van der Waals surface area (Å²) in [4.78, 5) is 1.71. The number of nitrogens with zero attached hydrogens (tertiary/aromatic N) is 3. The molecular formula is C11H16F3N3S. The minimum Gasteiger partial charge on any atom is -0.346 e. The molecule has 0 aliphatic carbocycles. The number of anilines is 1. The van der Waals surface area contributed by atoms with Gasteiger partial charge in [-0.3, -0.25) is 0 Å². The van der Waals surface area contributed by atoms with E-state index in [4.69, 9.17) is 0 Å². The molecule has 0 bridgehead atoms. The monoisotopic (exact) mass is 279 g/mol. The van der Waals surface area contributed by atoms with E-state index in [1.165, 1.54) is 11.3 Å². The van der Waals surface area contributed by atoms with E-state index in [2.05, 4.69) is 10.2 Å². The highest BCUT2D eigenvalue weighted by Gasteiger charge is 2.42. The Balaban J connectivity index is 2.08. The van der Waals surface area contributed by atoms with Gasteiger partial charge in [0.1, 0.15) is 5.01 Å². The Morgan fingerprint density at radius 3 is 2.61 bits per heavy atom. The number of rotatable bonds is 2. The van der Waals surface area contributed by atoms with Crippen molar-refractivity contribution in [3.05, 3.63) is 5.01 Å². The number of aromatic nitrogens is 2. The van der Waals surface area contributed by atoms with Crippen LogP contribution in [-0.4, -0.2) is 29.5 Å². The van der Waals surface area contributed by atoms with Gasteiger partial charge in [-0.1, -0.05) is 25.2 Å². The van der Waals surface area contributed by atoms with Gasteiger partial charge in [-0.2, -0.15) is 13.2 Å². The third-order valence-corrected chi connectivity index (χ3v) is 4.36. The molecule has 0 radical (unpaired) electrons. The highest BCUT2D eigenvalue weighted by molar-refractivity contribution is 7.15. The van der Waals surface area contributed by atoms with E-state index < -0.39 is 12.1 Å². The SMILES string of the molecule is CC(C)c1nnc(N2CCC[C@@H](C(F)(F)F)C2)s1. The van der Waals surface area contributed by atoms with Crippen molar-refractivity contribution in [3.8, 4) is 0 Å². The highest BCUT2D eigenvalue weighted by Crippen LogP contribution is 2.36. The topological polar surface area (TPSA) is 29.0 Å². The van der Waals surface area contributed by atoms with Crippen molar-refractivity contribution < 1.29 is 13.2 Å². The summed E-state index contributed by atoms with van der Waals surface area (Å²) in [6, 6.07) is 0. The van der Waals surface area contributed by atoms with Crippen molar-refractivity contribution in [1.82, 2.24) is 10.2 Å². The zero-order valence-electron chi connectivity index (χ0n) is 10.4. The van der Waals surface area contributed by atoms with Crippen molar-refractivity contribution in [2.75, 3.05) is 18.0 Å². The molecule has 0 saturated carbocycles. The van der Waals surface area contributed by atoms with Gasteiger partial charge >= 0.3 is 6.18 Å². The van der Waals surface area contributed by atoms with Crippen LogP contribution in [0.4, 0.5) is 18.3 Å². The third-order valence-electron chi connectivity index (χ3n) is 3.08. The Morgan fingerprint density at radius 2 is 2.06 bits per heavy atom. The molecule has 1 aromatic heterocycles. The number of alkyl halides is 3. The summed E-state index contributed by atoms with van der Waals surface area (Å²) in [5, 5.41) is 9.52. The molecule has 1 aliphatic heterocycles. The minimum atomic E-state index is -4.11. The summed E-state index contributed by atoms with van der Waals surface area (Å²) in [7, 11) is 0. The number of piperidine rings is 1. The Labute approximate surface area is 108 Å². The van der Waals surface area contributed by atoms with Gasteiger partial charge in [0.15, 0.2) is 0 Å². The number of hydrogen-bond acceptors (Lipinski definition) is 4. The van der Waals surface area contributed by atoms with E-state index >= 15 is 0 Å². The quantitative estimate of drug-likeness (QED) is 0.830. The van der Waals surface area contributed by atoms with E-state index in [0.717, 1.165) is 5.01 Å². The smallest absolute Gasteiger partial charge is 0.346 e. The van der Waals surface area contributed by atoms with Crippen LogP contribution in [0.15, 0.2) is 0 Å². The molecule has 1 aromatic rings. The minimum absolute atomic E-state index is 0.0101. The standard InChI is InChI=1S/C11H16F3N3S/c1-7(2)9-15-16-10(18-9)17-5-3-4-8(6-17)11(12,13)14/h7-8H,3-6H2,1-2H3/t8-/m1/s1. The van der Waals surface area contributed by atoms with Gasteiger partial charge in [-0.25, -0.2) is 0 Å². The first kappa shape index (κ1) is 13.6. The van der Waals surface area contributed by atoms with Crippen LogP contribution in [0, 0.1) is 5.92 Å². The van der Waals surface area contributed by atoms with Gasteiger partial charge < -0.3 is 4.90 Å². The van der Waals surface area contributed by atoms with Crippen LogP contribution in [0.3, 0.4) is 0 Å². The normalized spacial score (nSPS) is 21.7. The van der Waals surface area contributed by atoms with Crippen molar-refractivity contribution in [2.45, 2.75) is 38.8 Å². The lowest BCUT2D eigenvalue weighted by molar-refractivity contribution is -0.175. The summed E-state index contributed by atoms with van der Waals surface area (Å²) in [6.45, 7) is 4.65. The largest absolute Gasteiger partial charge is 0.393 e. The molecule has 7 heteroatoms. The molecule has 1 fully saturated rings. The second-order valence-electron chi connectivity index (χ2n) is 4.90. The maximum absolute atomic E-state index is 12.7. The molecule has 2 heterocycles. The average molecular weight is 279 g/mol. The lowest BCUT2D eigenvalue weighted by Gasteiger charge is -2.33. The fraction of sp³-hybridized carbons (Fsp3) is 0.818. The van der Waals surface area contributed by atoms with Crippen LogP contribution in [0.2, 0.25) is 0 Å². The third kappa shape index (κ3) is 2.93. The molecule has 1 atom stereocenters. The summed E-state index contributed by atoms with van der Waals surface area (Å²) < 4.78 is 38.1. The van der Waals surface area contributed by atoms with E-state index in [-0.39, 0.29) is 18.9 Å². The van der Waals surface area contributed by atoms with Crippen LogP contribution in [-0.2, 0) is 0 Å². The van der Waals surface area contributed by atoms with Gasteiger partial charge in [0.05, 0.1) is 5.92 Å². The van der Waals surface area contributed by atoms with Gasteiger partial charge in [-0.15, -0.1) is 10.2 Å². The Kier molecular flexibility index (Phi) is 3.79. The molecule has 0 spiro atoms. The molecule has 3 nitrogen and oxygen atoms in total. The molecule has 0 N–H and O–H groups in total. The Hall–Kier alpha value is -0.850. The molecule has 0 unspecified atom stereocenters. The van der Waals surface area contributed by atoms with Crippen molar-refractivity contribution in [2.24, 2.45) is 5.92 Å². The van der Waals surface area contributed by atoms with Crippen LogP contribution < -0.4 is 4.90 Å². The first-order chi connectivity index (χ1) is 8.38. The highest BCUT2D eigenvalue weighted by atomic mass is 32.1. The van der Waals surface area contributed by atoms with E-state index in [0.29, 0.717) is 18.1 Å². The maximum Gasteiger partial charge on any atom is 0.393 e. The molecule has 18 heavy (non-hydrogen) atoms. The Bertz CT molecular complexity index is 402. The zero-order valence-corrected chi connectivity index (χ0v) is 11.2. The molecule has 1 aliphatic rings. The van der Waals surface area contributed by atoms with Crippen LogP contribution >= 0.6 is 11.3 Å². The maximum atomic E-state index is 12.7. The van der Waals surface area contributed by atoms with Gasteiger partial charge in [-0.05, 0) is 12.8 Å². The fourth-order valence-electron chi connectivity index (χ4n) is 2.01. The van der Waals surface area contributed by atoms with Crippen molar-refractivity contribution in [1.29, 1.82) is 0 Å². The summed E-state index contributed by atoms with van der Waals surface area (Å²) in [5.74, 6) is -0.975.